The van der Waals surface area contributed by atoms with Gasteiger partial charge in [-0.1, -0.05) is 0 Å². The number of aromatic amines is 1. The first kappa shape index (κ1) is 12.9. The van der Waals surface area contributed by atoms with Gasteiger partial charge in [0, 0.05) is 18.4 Å². The maximum absolute atomic E-state index is 12.1. The molecule has 0 bridgehead atoms. The Morgan fingerprint density at radius 2 is 2.40 bits per heavy atom. The van der Waals surface area contributed by atoms with Crippen molar-refractivity contribution in [3.05, 3.63) is 35.4 Å². The highest BCUT2D eigenvalue weighted by Gasteiger charge is 2.26. The Kier molecular flexibility index (Phi) is 3.30. The standard InChI is InChI=1S/C14H19N5O/c1-9(2)19-8-10-4-3-5-11(13(10)18-19)16-14(20)12-6-7-15-17-12/h6-9,11H,3-5H2,1-2H3,(H,15,17)(H,16,20). The number of rotatable bonds is 3. The van der Waals surface area contributed by atoms with Gasteiger partial charge in [-0.3, -0.25) is 14.6 Å². The fraction of sp³-hybridized carbons (Fsp3) is 0.500. The lowest BCUT2D eigenvalue weighted by molar-refractivity contribution is 0.0926. The summed E-state index contributed by atoms with van der Waals surface area (Å²) < 4.78 is 1.98. The summed E-state index contributed by atoms with van der Waals surface area (Å²) in [7, 11) is 0. The van der Waals surface area contributed by atoms with Gasteiger partial charge in [-0.05, 0) is 44.7 Å². The number of nitrogens with zero attached hydrogens (tertiary/aromatic N) is 3. The van der Waals surface area contributed by atoms with Gasteiger partial charge in [-0.15, -0.1) is 0 Å². The zero-order valence-corrected chi connectivity index (χ0v) is 11.8. The number of hydrogen-bond donors (Lipinski definition) is 2. The minimum atomic E-state index is -0.126. The molecule has 0 radical (unpaired) electrons. The molecule has 0 aromatic carbocycles. The van der Waals surface area contributed by atoms with Crippen LogP contribution in [0, 0.1) is 0 Å². The first-order chi connectivity index (χ1) is 9.65. The van der Waals surface area contributed by atoms with Crippen LogP contribution < -0.4 is 5.32 Å². The number of hydrogen-bond acceptors (Lipinski definition) is 3. The molecule has 1 unspecified atom stereocenters. The number of H-pyrrole nitrogens is 1. The van der Waals surface area contributed by atoms with Crippen molar-refractivity contribution in [3.63, 3.8) is 0 Å². The number of carbonyl (C=O) groups excluding carboxylic acids is 1. The van der Waals surface area contributed by atoms with Gasteiger partial charge in [-0.2, -0.15) is 10.2 Å². The van der Waals surface area contributed by atoms with Crippen molar-refractivity contribution in [1.82, 2.24) is 25.3 Å². The molecule has 1 aliphatic carbocycles. The van der Waals surface area contributed by atoms with Crippen molar-refractivity contribution in [2.24, 2.45) is 0 Å². The summed E-state index contributed by atoms with van der Waals surface area (Å²) in [6.07, 6.45) is 6.73. The molecule has 0 saturated carbocycles. The van der Waals surface area contributed by atoms with Crippen LogP contribution in [0.5, 0.6) is 0 Å². The van der Waals surface area contributed by atoms with E-state index in [0.717, 1.165) is 25.0 Å². The van der Waals surface area contributed by atoms with E-state index < -0.39 is 0 Å². The molecule has 3 rings (SSSR count). The van der Waals surface area contributed by atoms with E-state index in [1.165, 1.54) is 5.56 Å². The Morgan fingerprint density at radius 3 is 3.10 bits per heavy atom. The number of nitrogens with one attached hydrogen (secondary N) is 2. The minimum Gasteiger partial charge on any atom is -0.342 e. The summed E-state index contributed by atoms with van der Waals surface area (Å²) in [4.78, 5) is 12.1. The minimum absolute atomic E-state index is 0.00505. The summed E-state index contributed by atoms with van der Waals surface area (Å²) in [6, 6.07) is 2.00. The average molecular weight is 273 g/mol. The topological polar surface area (TPSA) is 75.6 Å². The lowest BCUT2D eigenvalue weighted by Crippen LogP contribution is -2.31. The Morgan fingerprint density at radius 1 is 1.55 bits per heavy atom. The molecule has 0 fully saturated rings. The molecule has 6 nitrogen and oxygen atoms in total. The van der Waals surface area contributed by atoms with E-state index in [2.05, 4.69) is 40.7 Å². The quantitative estimate of drug-likeness (QED) is 0.898. The molecule has 2 N–H and O–H groups in total. The zero-order chi connectivity index (χ0) is 14.1. The van der Waals surface area contributed by atoms with E-state index in [-0.39, 0.29) is 11.9 Å². The van der Waals surface area contributed by atoms with Crippen molar-refractivity contribution in [3.8, 4) is 0 Å². The molecule has 1 aliphatic rings. The fourth-order valence-corrected chi connectivity index (χ4v) is 2.59. The van der Waals surface area contributed by atoms with Crippen molar-refractivity contribution in [1.29, 1.82) is 0 Å². The smallest absolute Gasteiger partial charge is 0.269 e. The molecule has 2 aromatic heterocycles. The summed E-state index contributed by atoms with van der Waals surface area (Å²) >= 11 is 0. The Bertz CT molecular complexity index is 599. The highest BCUT2D eigenvalue weighted by molar-refractivity contribution is 5.92. The normalized spacial score (nSPS) is 18.1. The van der Waals surface area contributed by atoms with Crippen LogP contribution >= 0.6 is 0 Å². The van der Waals surface area contributed by atoms with E-state index in [0.29, 0.717) is 11.7 Å². The Hall–Kier alpha value is -2.11. The number of aromatic nitrogens is 4. The molecule has 6 heteroatoms. The molecule has 1 amide bonds. The van der Waals surface area contributed by atoms with Crippen LogP contribution in [0.4, 0.5) is 0 Å². The van der Waals surface area contributed by atoms with Gasteiger partial charge < -0.3 is 5.32 Å². The van der Waals surface area contributed by atoms with Gasteiger partial charge >= 0.3 is 0 Å². The highest BCUT2D eigenvalue weighted by Crippen LogP contribution is 2.29. The van der Waals surface area contributed by atoms with E-state index in [1.54, 1.807) is 12.3 Å². The maximum atomic E-state index is 12.1. The van der Waals surface area contributed by atoms with Crippen LogP contribution in [0.15, 0.2) is 18.5 Å². The first-order valence-electron chi connectivity index (χ1n) is 7.03. The van der Waals surface area contributed by atoms with E-state index in [4.69, 9.17) is 0 Å². The van der Waals surface area contributed by atoms with Crippen molar-refractivity contribution in [2.45, 2.75) is 45.2 Å². The number of carbonyl (C=O) groups is 1. The van der Waals surface area contributed by atoms with E-state index in [9.17, 15) is 4.79 Å². The van der Waals surface area contributed by atoms with Gasteiger partial charge in [-0.25, -0.2) is 0 Å². The highest BCUT2D eigenvalue weighted by atomic mass is 16.2. The van der Waals surface area contributed by atoms with E-state index >= 15 is 0 Å². The van der Waals surface area contributed by atoms with Crippen molar-refractivity contribution >= 4 is 5.91 Å². The van der Waals surface area contributed by atoms with Crippen molar-refractivity contribution in [2.75, 3.05) is 0 Å². The second kappa shape index (κ2) is 5.11. The van der Waals surface area contributed by atoms with Gasteiger partial charge in [0.15, 0.2) is 0 Å². The second-order valence-corrected chi connectivity index (χ2v) is 5.50. The third kappa shape index (κ3) is 2.33. The lowest BCUT2D eigenvalue weighted by Gasteiger charge is -2.21. The van der Waals surface area contributed by atoms with Crippen molar-refractivity contribution < 1.29 is 4.79 Å². The molecule has 0 saturated heterocycles. The molecule has 1 atom stereocenters. The van der Waals surface area contributed by atoms with Gasteiger partial charge in [0.05, 0.1) is 11.7 Å². The molecular weight excluding hydrogens is 254 g/mol. The summed E-state index contributed by atoms with van der Waals surface area (Å²) in [5.74, 6) is -0.126. The van der Waals surface area contributed by atoms with E-state index in [1.807, 2.05) is 4.68 Å². The monoisotopic (exact) mass is 273 g/mol. The molecular formula is C14H19N5O. The number of amides is 1. The van der Waals surface area contributed by atoms with Crippen LogP contribution in [0.25, 0.3) is 0 Å². The summed E-state index contributed by atoms with van der Waals surface area (Å²) in [6.45, 7) is 4.22. The third-order valence-electron chi connectivity index (χ3n) is 3.69. The van der Waals surface area contributed by atoms with Crippen LogP contribution in [0.1, 0.15) is 60.5 Å². The van der Waals surface area contributed by atoms with Crippen LogP contribution in [-0.2, 0) is 6.42 Å². The Labute approximate surface area is 117 Å². The first-order valence-corrected chi connectivity index (χ1v) is 7.03. The summed E-state index contributed by atoms with van der Waals surface area (Å²) in [5.41, 5.74) is 2.75. The summed E-state index contributed by atoms with van der Waals surface area (Å²) in [5, 5.41) is 14.2. The average Bonchev–Trinajstić information content (AvgIpc) is 3.08. The third-order valence-corrected chi connectivity index (χ3v) is 3.69. The molecule has 20 heavy (non-hydrogen) atoms. The SMILES string of the molecule is CC(C)n1cc2c(n1)C(NC(=O)c1ccn[nH]1)CCC2. The van der Waals surface area contributed by atoms with Crippen LogP contribution in [-0.4, -0.2) is 25.9 Å². The van der Waals surface area contributed by atoms with Gasteiger partial charge in [0.25, 0.3) is 5.91 Å². The maximum Gasteiger partial charge on any atom is 0.269 e. The van der Waals surface area contributed by atoms with Gasteiger partial charge in [0.2, 0.25) is 0 Å². The largest absolute Gasteiger partial charge is 0.342 e. The van der Waals surface area contributed by atoms with Gasteiger partial charge in [0.1, 0.15) is 5.69 Å². The fourth-order valence-electron chi connectivity index (χ4n) is 2.59. The zero-order valence-electron chi connectivity index (χ0n) is 11.8. The molecule has 2 heterocycles. The molecule has 106 valence electrons. The lowest BCUT2D eigenvalue weighted by atomic mass is 9.93. The Balaban J connectivity index is 1.81. The molecule has 0 aliphatic heterocycles. The van der Waals surface area contributed by atoms with Crippen LogP contribution in [0.2, 0.25) is 0 Å². The van der Waals surface area contributed by atoms with Crippen LogP contribution in [0.3, 0.4) is 0 Å². The molecule has 2 aromatic rings. The molecule has 0 spiro atoms. The second-order valence-electron chi connectivity index (χ2n) is 5.50. The number of fused-ring (bicyclic) bond motifs is 1. The predicted octanol–water partition coefficient (Wildman–Crippen LogP) is 1.99. The number of aryl methyl sites for hydroxylation is 1. The predicted molar refractivity (Wildman–Crippen MR) is 74.3 cm³/mol.